The smallest absolute Gasteiger partial charge is 0.407 e. The number of aliphatic carboxylic acids is 1. The largest absolute Gasteiger partial charge is 0.481 e. The van der Waals surface area contributed by atoms with E-state index in [2.05, 4.69) is 5.32 Å². The number of allylic oxidation sites excluding steroid dienone is 1. The van der Waals surface area contributed by atoms with Crippen molar-refractivity contribution in [2.24, 2.45) is 17.8 Å². The Morgan fingerprint density at radius 3 is 2.44 bits per heavy atom. The van der Waals surface area contributed by atoms with Crippen LogP contribution in [0.5, 0.6) is 0 Å². The molecule has 18 heavy (non-hydrogen) atoms. The molecule has 2 rings (SSSR count). The lowest BCUT2D eigenvalue weighted by atomic mass is 9.89. The second-order valence-electron chi connectivity index (χ2n) is 5.98. The van der Waals surface area contributed by atoms with Crippen molar-refractivity contribution in [1.82, 2.24) is 5.32 Å². The van der Waals surface area contributed by atoms with E-state index in [4.69, 9.17) is 4.74 Å². The highest BCUT2D eigenvalue weighted by molar-refractivity contribution is 5.75. The molecule has 0 aromatic rings. The Balaban J connectivity index is 2.02. The van der Waals surface area contributed by atoms with Gasteiger partial charge in [0.2, 0.25) is 0 Å². The maximum atomic E-state index is 11.7. The summed E-state index contributed by atoms with van der Waals surface area (Å²) in [4.78, 5) is 23.0. The van der Waals surface area contributed by atoms with Crippen LogP contribution in [-0.2, 0) is 9.53 Å². The van der Waals surface area contributed by atoms with E-state index in [1.165, 1.54) is 0 Å². The zero-order valence-electron chi connectivity index (χ0n) is 10.8. The van der Waals surface area contributed by atoms with Gasteiger partial charge >= 0.3 is 12.1 Å². The summed E-state index contributed by atoms with van der Waals surface area (Å²) in [6.07, 6.45) is 4.19. The van der Waals surface area contributed by atoms with Crippen LogP contribution in [-0.4, -0.2) is 28.8 Å². The van der Waals surface area contributed by atoms with E-state index >= 15 is 0 Å². The summed E-state index contributed by atoms with van der Waals surface area (Å²) in [6, 6.07) is -0.354. The second-order valence-corrected chi connectivity index (χ2v) is 5.98. The number of hydrogen-bond acceptors (Lipinski definition) is 3. The number of alkyl carbamates (subject to hydrolysis) is 1. The van der Waals surface area contributed by atoms with Crippen molar-refractivity contribution in [3.8, 4) is 0 Å². The van der Waals surface area contributed by atoms with E-state index in [1.54, 1.807) is 20.8 Å². The van der Waals surface area contributed by atoms with Gasteiger partial charge in [-0.05, 0) is 39.0 Å². The third-order valence-corrected chi connectivity index (χ3v) is 3.43. The SMILES string of the molecule is CC(C)(C)OC(=O)N[C@H]1[C@@H](C(=O)O)[C@H]2C=C[C@@H]1C2. The Kier molecular flexibility index (Phi) is 3.09. The van der Waals surface area contributed by atoms with Crippen molar-refractivity contribution in [2.75, 3.05) is 0 Å². The molecule has 100 valence electrons. The number of hydrogen-bond donors (Lipinski definition) is 2. The highest BCUT2D eigenvalue weighted by Gasteiger charge is 2.49. The number of fused-ring (bicyclic) bond motifs is 2. The van der Waals surface area contributed by atoms with Gasteiger partial charge in [0, 0.05) is 0 Å². The summed E-state index contributed by atoms with van der Waals surface area (Å²) in [7, 11) is 0. The van der Waals surface area contributed by atoms with Gasteiger partial charge in [-0.1, -0.05) is 12.2 Å². The average Bonchev–Trinajstić information content (AvgIpc) is 2.73. The fourth-order valence-electron chi connectivity index (χ4n) is 2.80. The lowest BCUT2D eigenvalue weighted by Gasteiger charge is -2.27. The van der Waals surface area contributed by atoms with Crippen LogP contribution in [0.3, 0.4) is 0 Å². The Morgan fingerprint density at radius 2 is 1.89 bits per heavy atom. The molecule has 1 saturated carbocycles. The minimum absolute atomic E-state index is 0.0347. The fourth-order valence-corrected chi connectivity index (χ4v) is 2.80. The van der Waals surface area contributed by atoms with Crippen LogP contribution in [0.4, 0.5) is 4.79 Å². The molecule has 1 amide bonds. The van der Waals surface area contributed by atoms with E-state index < -0.39 is 23.6 Å². The minimum Gasteiger partial charge on any atom is -0.481 e. The zero-order chi connectivity index (χ0) is 13.5. The van der Waals surface area contributed by atoms with Crippen LogP contribution in [0.15, 0.2) is 12.2 Å². The number of rotatable bonds is 2. The molecule has 5 heteroatoms. The Hall–Kier alpha value is -1.52. The molecule has 2 bridgehead atoms. The Labute approximate surface area is 106 Å². The molecule has 0 unspecified atom stereocenters. The molecular weight excluding hydrogens is 234 g/mol. The van der Waals surface area contributed by atoms with E-state index in [1.807, 2.05) is 12.2 Å². The van der Waals surface area contributed by atoms with Gasteiger partial charge in [0.15, 0.2) is 0 Å². The minimum atomic E-state index is -0.854. The average molecular weight is 253 g/mol. The highest BCUT2D eigenvalue weighted by Crippen LogP contribution is 2.43. The number of carboxylic acids is 1. The summed E-state index contributed by atoms with van der Waals surface area (Å²) in [5.74, 6) is -1.24. The standard InChI is InChI=1S/C13H19NO4/c1-13(2,3)18-12(17)14-10-8-5-4-7(6-8)9(10)11(15)16/h4-5,7-10H,6H2,1-3H3,(H,14,17)(H,15,16)/t7-,8+,9-,10+/m0/s1. The summed E-state index contributed by atoms with van der Waals surface area (Å²) >= 11 is 0. The molecule has 0 spiro atoms. The van der Waals surface area contributed by atoms with Gasteiger partial charge in [0.05, 0.1) is 12.0 Å². The predicted octanol–water partition coefficient (Wildman–Crippen LogP) is 1.79. The maximum Gasteiger partial charge on any atom is 0.407 e. The van der Waals surface area contributed by atoms with Crippen molar-refractivity contribution in [2.45, 2.75) is 38.8 Å². The number of ether oxygens (including phenoxy) is 1. The zero-order valence-corrected chi connectivity index (χ0v) is 10.8. The van der Waals surface area contributed by atoms with E-state index in [0.29, 0.717) is 0 Å². The first-order valence-electron chi connectivity index (χ1n) is 6.18. The molecule has 0 heterocycles. The van der Waals surface area contributed by atoms with Gasteiger partial charge in [0.25, 0.3) is 0 Å². The van der Waals surface area contributed by atoms with Crippen molar-refractivity contribution in [3.63, 3.8) is 0 Å². The number of carboxylic acid groups (broad SMARTS) is 1. The molecule has 0 aliphatic heterocycles. The van der Waals surface area contributed by atoms with Crippen molar-refractivity contribution in [1.29, 1.82) is 0 Å². The number of carbonyl (C=O) groups is 2. The molecule has 0 aromatic carbocycles. The quantitative estimate of drug-likeness (QED) is 0.736. The summed E-state index contributed by atoms with van der Waals surface area (Å²) < 4.78 is 5.17. The fraction of sp³-hybridized carbons (Fsp3) is 0.692. The monoisotopic (exact) mass is 253 g/mol. The summed E-state index contributed by atoms with van der Waals surface area (Å²) in [5.41, 5.74) is -0.573. The molecule has 4 atom stereocenters. The third kappa shape index (κ3) is 2.49. The molecule has 1 fully saturated rings. The van der Waals surface area contributed by atoms with Crippen LogP contribution in [0, 0.1) is 17.8 Å². The normalized spacial score (nSPS) is 33.5. The number of carbonyl (C=O) groups excluding carboxylic acids is 1. The van der Waals surface area contributed by atoms with Crippen molar-refractivity contribution in [3.05, 3.63) is 12.2 Å². The summed E-state index contributed by atoms with van der Waals surface area (Å²) in [5, 5.41) is 11.9. The van der Waals surface area contributed by atoms with Gasteiger partial charge in [-0.25, -0.2) is 4.79 Å². The first-order valence-corrected chi connectivity index (χ1v) is 6.18. The van der Waals surface area contributed by atoms with Crippen molar-refractivity contribution >= 4 is 12.1 Å². The second kappa shape index (κ2) is 4.30. The molecule has 0 radical (unpaired) electrons. The first kappa shape index (κ1) is 12.9. The van der Waals surface area contributed by atoms with Gasteiger partial charge in [0.1, 0.15) is 5.60 Å². The molecule has 5 nitrogen and oxygen atoms in total. The molecule has 2 aliphatic carbocycles. The van der Waals surface area contributed by atoms with Gasteiger partial charge in [-0.3, -0.25) is 4.79 Å². The van der Waals surface area contributed by atoms with Crippen molar-refractivity contribution < 1.29 is 19.4 Å². The lowest BCUT2D eigenvalue weighted by molar-refractivity contribution is -0.143. The third-order valence-electron chi connectivity index (χ3n) is 3.43. The van der Waals surface area contributed by atoms with Crippen LogP contribution in [0.25, 0.3) is 0 Å². The molecule has 2 aliphatic rings. The molecular formula is C13H19NO4. The molecule has 2 N–H and O–H groups in total. The van der Waals surface area contributed by atoms with Crippen LogP contribution < -0.4 is 5.32 Å². The van der Waals surface area contributed by atoms with Gasteiger partial charge < -0.3 is 15.2 Å². The Bertz CT molecular complexity index is 396. The lowest BCUT2D eigenvalue weighted by Crippen LogP contribution is -2.47. The first-order chi connectivity index (χ1) is 8.28. The van der Waals surface area contributed by atoms with Crippen LogP contribution in [0.1, 0.15) is 27.2 Å². The van der Waals surface area contributed by atoms with Gasteiger partial charge in [-0.2, -0.15) is 0 Å². The number of nitrogens with one attached hydrogen (secondary N) is 1. The predicted molar refractivity (Wildman–Crippen MR) is 65.0 cm³/mol. The van der Waals surface area contributed by atoms with E-state index in [9.17, 15) is 14.7 Å². The maximum absolute atomic E-state index is 11.7. The Morgan fingerprint density at radius 1 is 1.28 bits per heavy atom. The van der Waals surface area contributed by atoms with E-state index in [-0.39, 0.29) is 17.9 Å². The number of amides is 1. The van der Waals surface area contributed by atoms with E-state index in [0.717, 1.165) is 6.42 Å². The molecule has 0 saturated heterocycles. The van der Waals surface area contributed by atoms with Gasteiger partial charge in [-0.15, -0.1) is 0 Å². The summed E-state index contributed by atoms with van der Waals surface area (Å²) in [6.45, 7) is 5.34. The molecule has 0 aromatic heterocycles. The van der Waals surface area contributed by atoms with Crippen LogP contribution in [0.2, 0.25) is 0 Å². The van der Waals surface area contributed by atoms with Crippen LogP contribution >= 0.6 is 0 Å². The topological polar surface area (TPSA) is 75.6 Å². The highest BCUT2D eigenvalue weighted by atomic mass is 16.6.